The van der Waals surface area contributed by atoms with Crippen LogP contribution in [0.4, 0.5) is 0 Å². The van der Waals surface area contributed by atoms with E-state index in [1.165, 1.54) is 4.57 Å². The molecule has 0 aliphatic rings. The van der Waals surface area contributed by atoms with Crippen molar-refractivity contribution in [2.45, 2.75) is 13.0 Å². The molecule has 9 heteroatoms. The number of benzene rings is 3. The van der Waals surface area contributed by atoms with Crippen molar-refractivity contribution in [3.05, 3.63) is 87.1 Å². The van der Waals surface area contributed by atoms with Crippen molar-refractivity contribution in [3.63, 3.8) is 0 Å². The van der Waals surface area contributed by atoms with E-state index in [-0.39, 0.29) is 5.56 Å². The lowest BCUT2D eigenvalue weighted by Crippen LogP contribution is -2.37. The highest BCUT2D eigenvalue weighted by Crippen LogP contribution is 2.30. The van der Waals surface area contributed by atoms with Gasteiger partial charge in [0.05, 0.1) is 28.0 Å². The Kier molecular flexibility index (Phi) is 4.06. The Morgan fingerprint density at radius 3 is 2.58 bits per heavy atom. The lowest BCUT2D eigenvalue weighted by molar-refractivity contribution is 0.585. The molecule has 0 spiro atoms. The minimum Gasteiger partial charge on any atom is -0.307 e. The third-order valence-corrected chi connectivity index (χ3v) is 6.16. The maximum atomic E-state index is 13.5. The normalized spacial score (nSPS) is 12.7. The largest absolute Gasteiger partial charge is 0.329 e. The maximum absolute atomic E-state index is 13.5. The van der Waals surface area contributed by atoms with Crippen LogP contribution in [0.15, 0.2) is 70.3 Å². The summed E-state index contributed by atoms with van der Waals surface area (Å²) < 4.78 is 2.97. The molecule has 0 aliphatic heterocycles. The zero-order chi connectivity index (χ0) is 22.7. The molecule has 3 aromatic heterocycles. The third kappa shape index (κ3) is 2.89. The van der Waals surface area contributed by atoms with Crippen LogP contribution in [-0.2, 0) is 7.05 Å². The standard InChI is InChI=1S/C24H19N7O2/c1-13(14-6-4-3-5-7-14)31-23(32)17-11-16-20(12-19(17)25-24(31)33)26-28-22(16)15-8-9-18-21(10-15)30(2)29-27-18/h3-13H,1-2H3,(H,25,33)(H,26,28). The SMILES string of the molecule is CC(c1ccccc1)n1c(=O)[nH]c2cc3[nH]nc(-c4ccc5nnn(C)c5c4)c3cc2c1=O. The predicted molar refractivity (Wildman–Crippen MR) is 126 cm³/mol. The fraction of sp³-hybridized carbons (Fsp3) is 0.125. The second kappa shape index (κ2) is 6.99. The molecule has 33 heavy (non-hydrogen) atoms. The first-order valence-electron chi connectivity index (χ1n) is 10.5. The highest BCUT2D eigenvalue weighted by molar-refractivity contribution is 6.01. The van der Waals surface area contributed by atoms with E-state index in [0.717, 1.165) is 33.1 Å². The average molecular weight is 437 g/mol. The number of aromatic nitrogens is 7. The van der Waals surface area contributed by atoms with Crippen molar-refractivity contribution in [2.75, 3.05) is 0 Å². The van der Waals surface area contributed by atoms with Gasteiger partial charge in [-0.05, 0) is 36.8 Å². The van der Waals surface area contributed by atoms with E-state index in [0.29, 0.717) is 16.6 Å². The summed E-state index contributed by atoms with van der Waals surface area (Å²) in [4.78, 5) is 29.1. The van der Waals surface area contributed by atoms with Crippen LogP contribution in [0, 0.1) is 0 Å². The van der Waals surface area contributed by atoms with Gasteiger partial charge in [-0.2, -0.15) is 5.10 Å². The Bertz CT molecular complexity index is 1790. The molecule has 0 saturated carbocycles. The summed E-state index contributed by atoms with van der Waals surface area (Å²) in [5, 5.41) is 16.9. The van der Waals surface area contributed by atoms with Gasteiger partial charge in [0.1, 0.15) is 11.2 Å². The Morgan fingerprint density at radius 2 is 1.76 bits per heavy atom. The van der Waals surface area contributed by atoms with Crippen LogP contribution in [-0.4, -0.2) is 34.7 Å². The average Bonchev–Trinajstić information content (AvgIpc) is 3.41. The maximum Gasteiger partial charge on any atom is 0.329 e. The second-order valence-corrected chi connectivity index (χ2v) is 8.12. The van der Waals surface area contributed by atoms with Gasteiger partial charge in [0, 0.05) is 18.0 Å². The highest BCUT2D eigenvalue weighted by Gasteiger charge is 2.18. The Labute approximate surface area is 186 Å². The van der Waals surface area contributed by atoms with Crippen LogP contribution in [0.5, 0.6) is 0 Å². The topological polar surface area (TPSA) is 114 Å². The minimum absolute atomic E-state index is 0.342. The highest BCUT2D eigenvalue weighted by atomic mass is 16.2. The van der Waals surface area contributed by atoms with Crippen LogP contribution in [0.2, 0.25) is 0 Å². The molecule has 0 aliphatic carbocycles. The number of rotatable bonds is 3. The molecule has 0 radical (unpaired) electrons. The fourth-order valence-corrected chi connectivity index (χ4v) is 4.37. The van der Waals surface area contributed by atoms with Crippen LogP contribution in [0.1, 0.15) is 18.5 Å². The van der Waals surface area contributed by atoms with Gasteiger partial charge < -0.3 is 4.98 Å². The minimum atomic E-state index is -0.447. The number of nitrogens with one attached hydrogen (secondary N) is 2. The van der Waals surface area contributed by atoms with E-state index in [1.807, 2.05) is 62.5 Å². The van der Waals surface area contributed by atoms with Gasteiger partial charge in [0.2, 0.25) is 0 Å². The first-order valence-corrected chi connectivity index (χ1v) is 10.5. The van der Waals surface area contributed by atoms with Crippen molar-refractivity contribution in [1.82, 2.24) is 34.7 Å². The molecular weight excluding hydrogens is 418 g/mol. The van der Waals surface area contributed by atoms with Gasteiger partial charge >= 0.3 is 5.69 Å². The number of nitrogens with zero attached hydrogens (tertiary/aromatic N) is 5. The number of hydrogen-bond donors (Lipinski definition) is 2. The molecular formula is C24H19N7O2. The van der Waals surface area contributed by atoms with Crippen LogP contribution >= 0.6 is 0 Å². The lowest BCUT2D eigenvalue weighted by atomic mass is 10.0. The molecule has 162 valence electrons. The number of hydrogen-bond acceptors (Lipinski definition) is 5. The molecule has 3 aromatic carbocycles. The molecule has 1 atom stereocenters. The van der Waals surface area contributed by atoms with Gasteiger partial charge in [0.15, 0.2) is 0 Å². The molecule has 0 saturated heterocycles. The number of fused-ring (bicyclic) bond motifs is 3. The first-order chi connectivity index (χ1) is 16.0. The lowest BCUT2D eigenvalue weighted by Gasteiger charge is -2.15. The van der Waals surface area contributed by atoms with E-state index >= 15 is 0 Å². The molecule has 3 heterocycles. The zero-order valence-electron chi connectivity index (χ0n) is 17.9. The van der Waals surface area contributed by atoms with E-state index < -0.39 is 11.7 Å². The summed E-state index contributed by atoms with van der Waals surface area (Å²) in [5.74, 6) is 0. The van der Waals surface area contributed by atoms with E-state index in [9.17, 15) is 9.59 Å². The Morgan fingerprint density at radius 1 is 0.939 bits per heavy atom. The van der Waals surface area contributed by atoms with Crippen LogP contribution in [0.3, 0.4) is 0 Å². The van der Waals surface area contributed by atoms with Crippen LogP contribution < -0.4 is 11.2 Å². The molecule has 6 aromatic rings. The third-order valence-electron chi connectivity index (χ3n) is 6.16. The Balaban J connectivity index is 1.58. The first kappa shape index (κ1) is 19.2. The van der Waals surface area contributed by atoms with Crippen molar-refractivity contribution in [3.8, 4) is 11.3 Å². The second-order valence-electron chi connectivity index (χ2n) is 8.12. The Hall–Kier alpha value is -4.53. The van der Waals surface area contributed by atoms with E-state index in [4.69, 9.17) is 0 Å². The van der Waals surface area contributed by atoms with E-state index in [1.54, 1.807) is 16.8 Å². The molecule has 1 unspecified atom stereocenters. The van der Waals surface area contributed by atoms with Crippen LogP contribution in [0.25, 0.3) is 44.1 Å². The molecule has 0 fully saturated rings. The number of H-pyrrole nitrogens is 2. The van der Waals surface area contributed by atoms with Gasteiger partial charge in [-0.3, -0.25) is 14.5 Å². The summed E-state index contributed by atoms with van der Waals surface area (Å²) >= 11 is 0. The summed E-state index contributed by atoms with van der Waals surface area (Å²) in [6, 6.07) is 18.4. The molecule has 0 amide bonds. The van der Waals surface area contributed by atoms with Crippen molar-refractivity contribution < 1.29 is 0 Å². The van der Waals surface area contributed by atoms with Gasteiger partial charge in [-0.15, -0.1) is 5.10 Å². The monoisotopic (exact) mass is 437 g/mol. The van der Waals surface area contributed by atoms with Gasteiger partial charge in [-0.1, -0.05) is 41.6 Å². The summed E-state index contributed by atoms with van der Waals surface area (Å²) in [5.41, 5.74) is 4.55. The quantitative estimate of drug-likeness (QED) is 0.442. The summed E-state index contributed by atoms with van der Waals surface area (Å²) in [6.07, 6.45) is 0. The molecule has 6 rings (SSSR count). The summed E-state index contributed by atoms with van der Waals surface area (Å²) in [7, 11) is 1.84. The number of aryl methyl sites for hydroxylation is 1. The smallest absolute Gasteiger partial charge is 0.307 e. The van der Waals surface area contributed by atoms with Gasteiger partial charge in [-0.25, -0.2) is 9.48 Å². The summed E-state index contributed by atoms with van der Waals surface area (Å²) in [6.45, 7) is 1.84. The number of aromatic amines is 2. The fourth-order valence-electron chi connectivity index (χ4n) is 4.37. The van der Waals surface area contributed by atoms with E-state index in [2.05, 4.69) is 25.5 Å². The van der Waals surface area contributed by atoms with Crippen molar-refractivity contribution in [2.24, 2.45) is 7.05 Å². The molecule has 0 bridgehead atoms. The molecule has 9 nitrogen and oxygen atoms in total. The zero-order valence-corrected chi connectivity index (χ0v) is 17.9. The van der Waals surface area contributed by atoms with Gasteiger partial charge in [0.25, 0.3) is 5.56 Å². The predicted octanol–water partition coefficient (Wildman–Crippen LogP) is 3.12. The van der Waals surface area contributed by atoms with Crippen molar-refractivity contribution in [1.29, 1.82) is 0 Å². The van der Waals surface area contributed by atoms with Crippen molar-refractivity contribution >= 4 is 32.8 Å². The molecule has 2 N–H and O–H groups in total.